The fourth-order valence-corrected chi connectivity index (χ4v) is 4.82. The van der Waals surface area contributed by atoms with Crippen molar-refractivity contribution in [3.63, 3.8) is 0 Å². The molecular formula is C28H25N3O6. The van der Waals surface area contributed by atoms with E-state index in [4.69, 9.17) is 9.26 Å². The standard InChI is InChI=1S/C28H25N3O6/c1-16-13-22(18(3)31(16)24-14-17(2)37-29-24)23(32)15-36-25(33)11-6-12-30-27(34)20-9-4-7-19-8-5-10-21(26(19)20)28(30)35/h4-5,7-10,13-14H,6,11-12,15H2,1-3H3. The van der Waals surface area contributed by atoms with Crippen molar-refractivity contribution in [2.45, 2.75) is 33.6 Å². The molecular weight excluding hydrogens is 474 g/mol. The molecule has 2 amide bonds. The van der Waals surface area contributed by atoms with Gasteiger partial charge in [-0.3, -0.25) is 28.6 Å². The van der Waals surface area contributed by atoms with Crippen LogP contribution >= 0.6 is 0 Å². The second-order valence-electron chi connectivity index (χ2n) is 9.07. The van der Waals surface area contributed by atoms with Gasteiger partial charge in [-0.1, -0.05) is 29.4 Å². The van der Waals surface area contributed by atoms with Crippen molar-refractivity contribution >= 4 is 34.3 Å². The smallest absolute Gasteiger partial charge is 0.306 e. The van der Waals surface area contributed by atoms with E-state index < -0.39 is 12.6 Å². The summed E-state index contributed by atoms with van der Waals surface area (Å²) in [7, 11) is 0. The Hall–Kier alpha value is -4.53. The highest BCUT2D eigenvalue weighted by Gasteiger charge is 2.32. The molecule has 37 heavy (non-hydrogen) atoms. The first-order valence-electron chi connectivity index (χ1n) is 12.0. The van der Waals surface area contributed by atoms with Crippen LogP contribution in [0.5, 0.6) is 0 Å². The fourth-order valence-electron chi connectivity index (χ4n) is 4.82. The van der Waals surface area contributed by atoms with Gasteiger partial charge < -0.3 is 9.26 Å². The summed E-state index contributed by atoms with van der Waals surface area (Å²) in [4.78, 5) is 52.2. The summed E-state index contributed by atoms with van der Waals surface area (Å²) in [5, 5.41) is 5.49. The molecule has 0 spiro atoms. The molecule has 4 aromatic rings. The number of aryl methyl sites for hydroxylation is 2. The van der Waals surface area contributed by atoms with Crippen LogP contribution in [0.1, 0.15) is 61.1 Å². The van der Waals surface area contributed by atoms with Crippen molar-refractivity contribution in [1.82, 2.24) is 14.6 Å². The van der Waals surface area contributed by atoms with Crippen molar-refractivity contribution in [3.05, 3.63) is 82.4 Å². The molecule has 2 aromatic carbocycles. The lowest BCUT2D eigenvalue weighted by atomic mass is 9.94. The molecule has 0 unspecified atom stereocenters. The van der Waals surface area contributed by atoms with Crippen molar-refractivity contribution in [1.29, 1.82) is 0 Å². The van der Waals surface area contributed by atoms with Gasteiger partial charge in [-0.25, -0.2) is 0 Å². The summed E-state index contributed by atoms with van der Waals surface area (Å²) in [6.45, 7) is 5.09. The Labute approximate surface area is 212 Å². The Morgan fingerprint density at radius 3 is 2.27 bits per heavy atom. The lowest BCUT2D eigenvalue weighted by molar-refractivity contribution is -0.142. The van der Waals surface area contributed by atoms with Gasteiger partial charge in [0.2, 0.25) is 5.78 Å². The van der Waals surface area contributed by atoms with Gasteiger partial charge in [-0.05, 0) is 50.8 Å². The van der Waals surface area contributed by atoms with Crippen molar-refractivity contribution < 1.29 is 28.4 Å². The third-order valence-electron chi connectivity index (χ3n) is 6.56. The van der Waals surface area contributed by atoms with Crippen LogP contribution in [-0.4, -0.2) is 51.3 Å². The third-order valence-corrected chi connectivity index (χ3v) is 6.56. The summed E-state index contributed by atoms with van der Waals surface area (Å²) >= 11 is 0. The number of carbonyl (C=O) groups excluding carboxylic acids is 4. The fraction of sp³-hybridized carbons (Fsp3) is 0.250. The first-order chi connectivity index (χ1) is 17.8. The molecule has 9 heteroatoms. The van der Waals surface area contributed by atoms with Crippen LogP contribution < -0.4 is 0 Å². The molecule has 0 aliphatic carbocycles. The van der Waals surface area contributed by atoms with Crippen molar-refractivity contribution in [2.75, 3.05) is 13.2 Å². The lowest BCUT2D eigenvalue weighted by Crippen LogP contribution is -2.41. The van der Waals surface area contributed by atoms with Crippen LogP contribution in [0.25, 0.3) is 16.6 Å². The average molecular weight is 500 g/mol. The van der Waals surface area contributed by atoms with Crippen LogP contribution in [0.3, 0.4) is 0 Å². The number of nitrogens with zero attached hydrogens (tertiary/aromatic N) is 3. The quantitative estimate of drug-likeness (QED) is 0.201. The average Bonchev–Trinajstić information content (AvgIpc) is 3.44. The number of hydrogen-bond acceptors (Lipinski definition) is 7. The number of rotatable bonds is 8. The van der Waals surface area contributed by atoms with Gasteiger partial charge in [0.15, 0.2) is 12.4 Å². The molecule has 0 fully saturated rings. The van der Waals surface area contributed by atoms with Gasteiger partial charge in [-0.15, -0.1) is 0 Å². The number of hydrogen-bond donors (Lipinski definition) is 0. The maximum atomic E-state index is 13.0. The molecule has 3 heterocycles. The van der Waals surface area contributed by atoms with Crippen molar-refractivity contribution in [3.8, 4) is 5.82 Å². The highest BCUT2D eigenvalue weighted by atomic mass is 16.5. The second-order valence-corrected chi connectivity index (χ2v) is 9.07. The number of imide groups is 1. The summed E-state index contributed by atoms with van der Waals surface area (Å²) in [6, 6.07) is 14.2. The summed E-state index contributed by atoms with van der Waals surface area (Å²) in [6.07, 6.45) is 0.191. The molecule has 1 aliphatic heterocycles. The van der Waals surface area contributed by atoms with E-state index in [-0.39, 0.29) is 37.0 Å². The summed E-state index contributed by atoms with van der Waals surface area (Å²) in [5.41, 5.74) is 2.85. The number of aromatic nitrogens is 2. The Kier molecular flexibility index (Phi) is 6.20. The van der Waals surface area contributed by atoms with E-state index in [0.29, 0.717) is 39.3 Å². The molecule has 2 aromatic heterocycles. The van der Waals surface area contributed by atoms with E-state index in [2.05, 4.69) is 5.16 Å². The van der Waals surface area contributed by atoms with Gasteiger partial charge in [0.25, 0.3) is 11.8 Å². The zero-order valence-electron chi connectivity index (χ0n) is 20.7. The van der Waals surface area contributed by atoms with E-state index in [1.165, 1.54) is 0 Å². The minimum Gasteiger partial charge on any atom is -0.457 e. The predicted octanol–water partition coefficient (Wildman–Crippen LogP) is 4.35. The number of amides is 2. The number of esters is 1. The van der Waals surface area contributed by atoms with Gasteiger partial charge in [0.05, 0.1) is 0 Å². The zero-order chi connectivity index (χ0) is 26.3. The van der Waals surface area contributed by atoms with E-state index in [0.717, 1.165) is 16.0 Å². The Bertz CT molecular complexity index is 1530. The third kappa shape index (κ3) is 4.33. The van der Waals surface area contributed by atoms with Crippen LogP contribution in [-0.2, 0) is 9.53 Å². The monoisotopic (exact) mass is 499 g/mol. The van der Waals surface area contributed by atoms with Gasteiger partial charge in [0.1, 0.15) is 5.76 Å². The van der Waals surface area contributed by atoms with E-state index in [1.807, 2.05) is 19.1 Å². The highest BCUT2D eigenvalue weighted by Crippen LogP contribution is 2.30. The minimum atomic E-state index is -0.575. The first kappa shape index (κ1) is 24.2. The number of ether oxygens (including phenoxy) is 1. The minimum absolute atomic E-state index is 0.0343. The molecule has 5 rings (SSSR count). The van der Waals surface area contributed by atoms with Crippen LogP contribution in [0, 0.1) is 20.8 Å². The molecule has 0 N–H and O–H groups in total. The topological polar surface area (TPSA) is 112 Å². The summed E-state index contributed by atoms with van der Waals surface area (Å²) in [5.74, 6) is -0.443. The number of carbonyl (C=O) groups is 4. The number of ketones is 1. The highest BCUT2D eigenvalue weighted by molar-refractivity contribution is 6.25. The Morgan fingerprint density at radius 2 is 1.65 bits per heavy atom. The van der Waals surface area contributed by atoms with Crippen molar-refractivity contribution in [2.24, 2.45) is 0 Å². The molecule has 0 saturated carbocycles. The molecule has 0 radical (unpaired) electrons. The Balaban J connectivity index is 1.17. The van der Waals surface area contributed by atoms with E-state index >= 15 is 0 Å². The molecule has 0 bridgehead atoms. The Morgan fingerprint density at radius 1 is 0.973 bits per heavy atom. The van der Waals surface area contributed by atoms with Gasteiger partial charge in [0, 0.05) is 52.5 Å². The SMILES string of the molecule is Cc1cc(-n2c(C)cc(C(=O)COC(=O)CCCN3C(=O)c4cccc5cccc(c45)C3=O)c2C)no1. The normalized spacial score (nSPS) is 12.9. The predicted molar refractivity (Wildman–Crippen MR) is 134 cm³/mol. The van der Waals surface area contributed by atoms with Gasteiger partial charge >= 0.3 is 5.97 Å². The van der Waals surface area contributed by atoms with Crippen LogP contribution in [0.15, 0.2) is 53.1 Å². The lowest BCUT2D eigenvalue weighted by Gasteiger charge is -2.27. The van der Waals surface area contributed by atoms with Gasteiger partial charge in [-0.2, -0.15) is 0 Å². The maximum absolute atomic E-state index is 13.0. The molecule has 0 saturated heterocycles. The zero-order valence-corrected chi connectivity index (χ0v) is 20.7. The summed E-state index contributed by atoms with van der Waals surface area (Å²) < 4.78 is 12.1. The number of Topliss-reactive ketones (excluding diaryl/α,β-unsaturated/α-hetero) is 1. The number of benzene rings is 2. The molecule has 0 atom stereocenters. The van der Waals surface area contributed by atoms with Crippen LogP contribution in [0.4, 0.5) is 0 Å². The largest absolute Gasteiger partial charge is 0.457 e. The van der Waals surface area contributed by atoms with E-state index in [1.54, 1.807) is 54.8 Å². The molecule has 9 nitrogen and oxygen atoms in total. The van der Waals surface area contributed by atoms with E-state index in [9.17, 15) is 19.2 Å². The second kappa shape index (κ2) is 9.50. The molecule has 188 valence electrons. The maximum Gasteiger partial charge on any atom is 0.306 e. The molecule has 1 aliphatic rings. The van der Waals surface area contributed by atoms with Crippen LogP contribution in [0.2, 0.25) is 0 Å². The first-order valence-corrected chi connectivity index (χ1v) is 12.0.